The van der Waals surface area contributed by atoms with Gasteiger partial charge in [-0.05, 0) is 18.8 Å². The van der Waals surface area contributed by atoms with Crippen LogP contribution in [-0.4, -0.2) is 57.3 Å². The summed E-state index contributed by atoms with van der Waals surface area (Å²) < 4.78 is 0. The zero-order valence-corrected chi connectivity index (χ0v) is 13.1. The molecule has 0 aliphatic rings. The Morgan fingerprint density at radius 2 is 1.50 bits per heavy atom. The summed E-state index contributed by atoms with van der Waals surface area (Å²) in [5, 5.41) is 44.6. The van der Waals surface area contributed by atoms with Crippen molar-refractivity contribution < 1.29 is 20.4 Å². The van der Waals surface area contributed by atoms with E-state index in [-0.39, 0.29) is 18.4 Å². The lowest BCUT2D eigenvalue weighted by Gasteiger charge is -2.43. The molecule has 4 unspecified atom stereocenters. The fraction of sp³-hybridized carbons (Fsp3) is 1.00. The van der Waals surface area contributed by atoms with Crippen molar-refractivity contribution >= 4 is 0 Å². The molecule has 20 heavy (non-hydrogen) atoms. The van der Waals surface area contributed by atoms with E-state index in [4.69, 9.17) is 5.73 Å². The average molecular weight is 293 g/mol. The molecule has 7 nitrogen and oxygen atoms in total. The molecule has 0 aromatic heterocycles. The standard InChI is InChI=1S/C13H31N3O4/c1-8(2)10(19)15-12(5,6-17)11(20)16-13(14,7-18)9(3)4/h8-11,15-20H,6-7,14H2,1-5H3. The summed E-state index contributed by atoms with van der Waals surface area (Å²) in [7, 11) is 0. The van der Waals surface area contributed by atoms with E-state index in [0.29, 0.717) is 0 Å². The van der Waals surface area contributed by atoms with Gasteiger partial charge in [-0.1, -0.05) is 27.7 Å². The third-order valence-corrected chi connectivity index (χ3v) is 3.74. The van der Waals surface area contributed by atoms with Crippen LogP contribution in [0.3, 0.4) is 0 Å². The fourth-order valence-corrected chi connectivity index (χ4v) is 1.52. The molecule has 8 N–H and O–H groups in total. The molecule has 0 bridgehead atoms. The van der Waals surface area contributed by atoms with Crippen molar-refractivity contribution in [2.75, 3.05) is 13.2 Å². The highest BCUT2D eigenvalue weighted by Gasteiger charge is 2.40. The lowest BCUT2D eigenvalue weighted by molar-refractivity contribution is -0.0623. The Hall–Kier alpha value is -0.280. The van der Waals surface area contributed by atoms with E-state index in [2.05, 4.69) is 10.6 Å². The summed E-state index contributed by atoms with van der Waals surface area (Å²) in [4.78, 5) is 0. The second-order valence-corrected chi connectivity index (χ2v) is 6.31. The third kappa shape index (κ3) is 4.92. The highest BCUT2D eigenvalue weighted by molar-refractivity contribution is 4.95. The summed E-state index contributed by atoms with van der Waals surface area (Å²) in [5.74, 6) is -0.223. The van der Waals surface area contributed by atoms with Gasteiger partial charge in [0, 0.05) is 0 Å². The minimum absolute atomic E-state index is 0.0846. The smallest absolute Gasteiger partial charge is 0.126 e. The first-order valence-corrected chi connectivity index (χ1v) is 6.94. The van der Waals surface area contributed by atoms with Crippen LogP contribution in [0.4, 0.5) is 0 Å². The van der Waals surface area contributed by atoms with Gasteiger partial charge in [0.15, 0.2) is 0 Å². The first-order chi connectivity index (χ1) is 9.02. The Balaban J connectivity index is 4.96. The van der Waals surface area contributed by atoms with Crippen molar-refractivity contribution in [1.82, 2.24) is 10.6 Å². The number of aliphatic hydroxyl groups excluding tert-OH is 4. The summed E-state index contributed by atoms with van der Waals surface area (Å²) in [6, 6.07) is 0. The summed E-state index contributed by atoms with van der Waals surface area (Å²) in [5.41, 5.74) is 3.61. The molecule has 0 aromatic rings. The van der Waals surface area contributed by atoms with Gasteiger partial charge in [0.2, 0.25) is 0 Å². The molecule has 0 spiro atoms. The second kappa shape index (κ2) is 7.65. The van der Waals surface area contributed by atoms with E-state index in [1.165, 1.54) is 0 Å². The van der Waals surface area contributed by atoms with E-state index in [1.54, 1.807) is 6.92 Å². The molecule has 0 rings (SSSR count). The zero-order chi connectivity index (χ0) is 16.1. The van der Waals surface area contributed by atoms with E-state index in [1.807, 2.05) is 27.7 Å². The molecule has 0 saturated heterocycles. The Morgan fingerprint density at radius 3 is 1.80 bits per heavy atom. The van der Waals surface area contributed by atoms with Crippen molar-refractivity contribution in [3.05, 3.63) is 0 Å². The highest BCUT2D eigenvalue weighted by Crippen LogP contribution is 2.16. The summed E-state index contributed by atoms with van der Waals surface area (Å²) in [6.45, 7) is 8.02. The van der Waals surface area contributed by atoms with Crippen LogP contribution in [0.1, 0.15) is 34.6 Å². The Morgan fingerprint density at radius 1 is 1.00 bits per heavy atom. The molecule has 0 fully saturated rings. The fourth-order valence-electron chi connectivity index (χ4n) is 1.52. The van der Waals surface area contributed by atoms with Crippen LogP contribution in [0.5, 0.6) is 0 Å². The molecule has 0 aliphatic carbocycles. The van der Waals surface area contributed by atoms with Gasteiger partial charge in [0.05, 0.1) is 24.4 Å². The molecular formula is C13H31N3O4. The second-order valence-electron chi connectivity index (χ2n) is 6.31. The van der Waals surface area contributed by atoms with Gasteiger partial charge in [-0.3, -0.25) is 10.6 Å². The lowest BCUT2D eigenvalue weighted by atomic mass is 9.93. The van der Waals surface area contributed by atoms with Crippen molar-refractivity contribution in [2.24, 2.45) is 17.6 Å². The van der Waals surface area contributed by atoms with Crippen LogP contribution in [0.15, 0.2) is 0 Å². The molecule has 0 radical (unpaired) electrons. The number of rotatable bonds is 9. The van der Waals surface area contributed by atoms with E-state index in [9.17, 15) is 20.4 Å². The molecular weight excluding hydrogens is 262 g/mol. The molecule has 7 heteroatoms. The van der Waals surface area contributed by atoms with E-state index < -0.39 is 30.3 Å². The van der Waals surface area contributed by atoms with Crippen molar-refractivity contribution in [1.29, 1.82) is 0 Å². The van der Waals surface area contributed by atoms with Gasteiger partial charge in [-0.15, -0.1) is 0 Å². The SMILES string of the molecule is CC(C)C(O)NC(C)(CO)C(O)NC(N)(CO)C(C)C. The Bertz CT molecular complexity index is 291. The predicted molar refractivity (Wildman–Crippen MR) is 77.5 cm³/mol. The number of nitrogens with one attached hydrogen (secondary N) is 2. The van der Waals surface area contributed by atoms with Gasteiger partial charge in [0.25, 0.3) is 0 Å². The van der Waals surface area contributed by atoms with Crippen LogP contribution in [0.2, 0.25) is 0 Å². The zero-order valence-electron chi connectivity index (χ0n) is 13.1. The van der Waals surface area contributed by atoms with Crippen LogP contribution in [0.25, 0.3) is 0 Å². The van der Waals surface area contributed by atoms with E-state index >= 15 is 0 Å². The molecule has 0 aromatic carbocycles. The Kier molecular flexibility index (Phi) is 7.54. The van der Waals surface area contributed by atoms with Gasteiger partial charge in [-0.25, -0.2) is 0 Å². The largest absolute Gasteiger partial charge is 0.394 e. The summed E-state index contributed by atoms with van der Waals surface area (Å²) >= 11 is 0. The highest BCUT2D eigenvalue weighted by atomic mass is 16.3. The monoisotopic (exact) mass is 293 g/mol. The van der Waals surface area contributed by atoms with Gasteiger partial charge < -0.3 is 26.2 Å². The third-order valence-electron chi connectivity index (χ3n) is 3.74. The van der Waals surface area contributed by atoms with Crippen molar-refractivity contribution in [2.45, 2.75) is 58.3 Å². The minimum atomic E-state index is -1.25. The first-order valence-electron chi connectivity index (χ1n) is 6.94. The summed E-state index contributed by atoms with van der Waals surface area (Å²) in [6.07, 6.45) is -2.13. The topological polar surface area (TPSA) is 131 Å². The maximum atomic E-state index is 10.3. The minimum Gasteiger partial charge on any atom is -0.394 e. The predicted octanol–water partition coefficient (Wildman–Crippen LogP) is -1.49. The van der Waals surface area contributed by atoms with Crippen molar-refractivity contribution in [3.63, 3.8) is 0 Å². The van der Waals surface area contributed by atoms with Gasteiger partial charge >= 0.3 is 0 Å². The molecule has 0 saturated carbocycles. The maximum absolute atomic E-state index is 10.3. The average Bonchev–Trinajstić information content (AvgIpc) is 2.37. The normalized spacial score (nSPS) is 21.6. The first kappa shape index (κ1) is 19.7. The van der Waals surface area contributed by atoms with Crippen molar-refractivity contribution in [3.8, 4) is 0 Å². The number of nitrogens with two attached hydrogens (primary N) is 1. The van der Waals surface area contributed by atoms with E-state index in [0.717, 1.165) is 0 Å². The molecule has 0 amide bonds. The molecule has 122 valence electrons. The Labute approximate surface area is 121 Å². The van der Waals surface area contributed by atoms with Gasteiger partial charge in [-0.2, -0.15) is 0 Å². The quantitative estimate of drug-likeness (QED) is 0.258. The van der Waals surface area contributed by atoms with Crippen LogP contribution < -0.4 is 16.4 Å². The maximum Gasteiger partial charge on any atom is 0.126 e. The van der Waals surface area contributed by atoms with Crippen LogP contribution >= 0.6 is 0 Å². The van der Waals surface area contributed by atoms with Crippen LogP contribution in [0, 0.1) is 11.8 Å². The lowest BCUT2D eigenvalue weighted by Crippen LogP contribution is -2.71. The molecule has 0 aliphatic heterocycles. The molecule has 4 atom stereocenters. The van der Waals surface area contributed by atoms with Gasteiger partial charge in [0.1, 0.15) is 12.5 Å². The number of hydrogen-bond acceptors (Lipinski definition) is 7. The molecule has 0 heterocycles. The van der Waals surface area contributed by atoms with Crippen LogP contribution in [-0.2, 0) is 0 Å². The number of hydrogen-bond donors (Lipinski definition) is 7. The number of aliphatic hydroxyl groups is 4.